The van der Waals surface area contributed by atoms with Gasteiger partial charge in [-0.1, -0.05) is 6.92 Å². The Morgan fingerprint density at radius 3 is 2.27 bits per heavy atom. The molecule has 0 saturated carbocycles. The number of rotatable bonds is 4. The van der Waals surface area contributed by atoms with Crippen molar-refractivity contribution in [1.29, 1.82) is 0 Å². The van der Waals surface area contributed by atoms with E-state index in [1.807, 2.05) is 34.7 Å². The smallest absolute Gasteiger partial charge is 0.407 e. The van der Waals surface area contributed by atoms with E-state index in [9.17, 15) is 4.79 Å². The molecule has 0 spiro atoms. The van der Waals surface area contributed by atoms with Gasteiger partial charge in [0.1, 0.15) is 5.60 Å². The van der Waals surface area contributed by atoms with E-state index in [0.29, 0.717) is 0 Å². The molecule has 90 valence electrons. The minimum Gasteiger partial charge on any atom is -0.444 e. The lowest BCUT2D eigenvalue weighted by molar-refractivity contribution is 0.0498. The molecular weight excluding hydrogens is 192 g/mol. The molecule has 0 fully saturated rings. The van der Waals surface area contributed by atoms with Crippen LogP contribution in [0.4, 0.5) is 4.79 Å². The lowest BCUT2D eigenvalue weighted by Gasteiger charge is -2.26. The van der Waals surface area contributed by atoms with Gasteiger partial charge in [-0.3, -0.25) is 0 Å². The first kappa shape index (κ1) is 14.2. The Labute approximate surface area is 92.8 Å². The third-order valence-corrected chi connectivity index (χ3v) is 2.16. The molecule has 0 aromatic carbocycles. The van der Waals surface area contributed by atoms with Gasteiger partial charge in [-0.2, -0.15) is 0 Å². The normalized spacial score (nSPS) is 15.6. The van der Waals surface area contributed by atoms with Gasteiger partial charge in [-0.25, -0.2) is 4.79 Å². The van der Waals surface area contributed by atoms with Gasteiger partial charge < -0.3 is 15.4 Å². The molecule has 4 heteroatoms. The van der Waals surface area contributed by atoms with Crippen molar-refractivity contribution in [2.75, 3.05) is 7.05 Å². The number of ether oxygens (including phenoxy) is 1. The number of carbonyl (C=O) groups excluding carboxylic acids is 1. The second-order valence-electron chi connectivity index (χ2n) is 4.74. The van der Waals surface area contributed by atoms with E-state index in [2.05, 4.69) is 17.6 Å². The summed E-state index contributed by atoms with van der Waals surface area (Å²) in [7, 11) is 1.89. The molecule has 0 saturated heterocycles. The lowest BCUT2D eigenvalue weighted by atomic mass is 10.1. The largest absolute Gasteiger partial charge is 0.444 e. The van der Waals surface area contributed by atoms with Crippen LogP contribution in [0.2, 0.25) is 0 Å². The van der Waals surface area contributed by atoms with Crippen molar-refractivity contribution in [2.24, 2.45) is 0 Å². The molecule has 0 aromatic rings. The number of nitrogens with one attached hydrogen (secondary N) is 2. The van der Waals surface area contributed by atoms with Crippen molar-refractivity contribution >= 4 is 6.09 Å². The molecule has 0 aliphatic carbocycles. The molecule has 0 unspecified atom stereocenters. The maximum Gasteiger partial charge on any atom is 0.407 e. The van der Waals surface area contributed by atoms with Gasteiger partial charge in [-0.05, 0) is 41.2 Å². The Morgan fingerprint density at radius 2 is 1.93 bits per heavy atom. The van der Waals surface area contributed by atoms with Crippen LogP contribution in [0.5, 0.6) is 0 Å². The van der Waals surface area contributed by atoms with E-state index in [4.69, 9.17) is 4.74 Å². The molecule has 0 aromatic heterocycles. The van der Waals surface area contributed by atoms with E-state index in [0.717, 1.165) is 6.42 Å². The molecule has 0 aliphatic heterocycles. The first-order valence-corrected chi connectivity index (χ1v) is 5.47. The number of alkyl carbamates (subject to hydrolysis) is 1. The maximum absolute atomic E-state index is 11.4. The Morgan fingerprint density at radius 1 is 1.40 bits per heavy atom. The van der Waals surface area contributed by atoms with Gasteiger partial charge in [-0.15, -0.1) is 0 Å². The van der Waals surface area contributed by atoms with E-state index in [1.54, 1.807) is 0 Å². The minimum absolute atomic E-state index is 0.0647. The molecule has 2 atom stereocenters. The fourth-order valence-electron chi connectivity index (χ4n) is 1.40. The summed E-state index contributed by atoms with van der Waals surface area (Å²) in [4.78, 5) is 11.4. The highest BCUT2D eigenvalue weighted by Crippen LogP contribution is 2.07. The number of hydrogen-bond acceptors (Lipinski definition) is 3. The minimum atomic E-state index is -0.439. The highest BCUT2D eigenvalue weighted by molar-refractivity contribution is 5.68. The molecule has 0 aliphatic rings. The van der Waals surface area contributed by atoms with Crippen LogP contribution in [0.15, 0.2) is 0 Å². The second kappa shape index (κ2) is 5.95. The third kappa shape index (κ3) is 6.33. The second-order valence-corrected chi connectivity index (χ2v) is 4.74. The molecular formula is C11H24N2O2. The number of amides is 1. The summed E-state index contributed by atoms with van der Waals surface area (Å²) in [5.41, 5.74) is -0.439. The number of carbonyl (C=O) groups is 1. The van der Waals surface area contributed by atoms with Crippen LogP contribution in [-0.4, -0.2) is 30.8 Å². The van der Waals surface area contributed by atoms with Crippen LogP contribution >= 0.6 is 0 Å². The predicted octanol–water partition coefficient (Wildman–Crippen LogP) is 1.90. The van der Waals surface area contributed by atoms with Crippen LogP contribution in [0.25, 0.3) is 0 Å². The van der Waals surface area contributed by atoms with Crippen LogP contribution in [-0.2, 0) is 4.74 Å². The molecule has 0 radical (unpaired) electrons. The Balaban J connectivity index is 4.06. The van der Waals surface area contributed by atoms with E-state index in [1.165, 1.54) is 0 Å². The average Bonchev–Trinajstić information content (AvgIpc) is 2.02. The zero-order chi connectivity index (χ0) is 12.1. The van der Waals surface area contributed by atoms with Crippen LogP contribution in [0, 0.1) is 0 Å². The number of likely N-dealkylation sites (N-methyl/N-ethyl adjacent to an activating group) is 1. The quantitative estimate of drug-likeness (QED) is 0.754. The highest BCUT2D eigenvalue weighted by atomic mass is 16.6. The summed E-state index contributed by atoms with van der Waals surface area (Å²) in [6, 6.07) is 0.340. The van der Waals surface area contributed by atoms with Gasteiger partial charge >= 0.3 is 6.09 Å². The molecule has 2 N–H and O–H groups in total. The van der Waals surface area contributed by atoms with Crippen LogP contribution in [0.1, 0.15) is 41.0 Å². The lowest BCUT2D eigenvalue weighted by Crippen LogP contribution is -2.48. The summed E-state index contributed by atoms with van der Waals surface area (Å²) in [5, 5.41) is 5.96. The van der Waals surface area contributed by atoms with Crippen molar-refractivity contribution in [2.45, 2.75) is 58.7 Å². The molecule has 0 rings (SSSR count). The summed E-state index contributed by atoms with van der Waals surface area (Å²) in [5.74, 6) is 0. The third-order valence-electron chi connectivity index (χ3n) is 2.16. The first-order valence-electron chi connectivity index (χ1n) is 5.47. The van der Waals surface area contributed by atoms with E-state index >= 15 is 0 Å². The molecule has 15 heavy (non-hydrogen) atoms. The van der Waals surface area contributed by atoms with E-state index in [-0.39, 0.29) is 18.2 Å². The zero-order valence-corrected chi connectivity index (χ0v) is 10.7. The predicted molar refractivity (Wildman–Crippen MR) is 62.0 cm³/mol. The van der Waals surface area contributed by atoms with Crippen molar-refractivity contribution in [3.8, 4) is 0 Å². The Bertz CT molecular complexity index is 195. The first-order chi connectivity index (χ1) is 6.80. The molecule has 4 nitrogen and oxygen atoms in total. The van der Waals surface area contributed by atoms with Crippen molar-refractivity contribution < 1.29 is 9.53 Å². The fraction of sp³-hybridized carbons (Fsp3) is 0.909. The van der Waals surface area contributed by atoms with Crippen LogP contribution in [0.3, 0.4) is 0 Å². The van der Waals surface area contributed by atoms with Gasteiger partial charge in [0.15, 0.2) is 0 Å². The van der Waals surface area contributed by atoms with Crippen molar-refractivity contribution in [3.05, 3.63) is 0 Å². The highest BCUT2D eigenvalue weighted by Gasteiger charge is 2.20. The van der Waals surface area contributed by atoms with Crippen molar-refractivity contribution in [3.63, 3.8) is 0 Å². The summed E-state index contributed by atoms with van der Waals surface area (Å²) >= 11 is 0. The van der Waals surface area contributed by atoms with Gasteiger partial charge in [0, 0.05) is 12.1 Å². The van der Waals surface area contributed by atoms with E-state index < -0.39 is 5.60 Å². The van der Waals surface area contributed by atoms with Crippen molar-refractivity contribution in [1.82, 2.24) is 10.6 Å². The average molecular weight is 216 g/mol. The summed E-state index contributed by atoms with van der Waals surface area (Å²) in [6.07, 6.45) is 0.608. The zero-order valence-electron chi connectivity index (χ0n) is 10.7. The molecule has 0 bridgehead atoms. The standard InChI is InChI=1S/C11H24N2O2/c1-7-9(12-6)8(2)13-10(14)15-11(3,4)5/h8-9,12H,7H2,1-6H3,(H,13,14)/t8-,9-/m1/s1. The molecule has 1 amide bonds. The topological polar surface area (TPSA) is 50.4 Å². The Hall–Kier alpha value is -0.770. The van der Waals surface area contributed by atoms with Crippen LogP contribution < -0.4 is 10.6 Å². The fourth-order valence-corrected chi connectivity index (χ4v) is 1.40. The number of hydrogen-bond donors (Lipinski definition) is 2. The molecule has 0 heterocycles. The monoisotopic (exact) mass is 216 g/mol. The van der Waals surface area contributed by atoms with Gasteiger partial charge in [0.2, 0.25) is 0 Å². The van der Waals surface area contributed by atoms with Gasteiger partial charge in [0.25, 0.3) is 0 Å². The van der Waals surface area contributed by atoms with Gasteiger partial charge in [0.05, 0.1) is 0 Å². The SMILES string of the molecule is CC[C@@H](NC)[C@@H](C)NC(=O)OC(C)(C)C. The summed E-state index contributed by atoms with van der Waals surface area (Å²) < 4.78 is 5.17. The maximum atomic E-state index is 11.4. The summed E-state index contributed by atoms with van der Waals surface area (Å²) in [6.45, 7) is 9.61. The Kier molecular flexibility index (Phi) is 5.65.